The first-order valence-corrected chi connectivity index (χ1v) is 13.4. The van der Waals surface area contributed by atoms with Crippen LogP contribution in [0.5, 0.6) is 11.5 Å². The zero-order valence-corrected chi connectivity index (χ0v) is 24.6. The van der Waals surface area contributed by atoms with Gasteiger partial charge in [-0.05, 0) is 55.7 Å². The lowest BCUT2D eigenvalue weighted by Gasteiger charge is -2.18. The highest BCUT2D eigenvalue weighted by Gasteiger charge is 2.44. The fourth-order valence-electron chi connectivity index (χ4n) is 4.80. The largest absolute Gasteiger partial charge is 0.586 e. The Labute approximate surface area is 238 Å². The van der Waals surface area contributed by atoms with Gasteiger partial charge < -0.3 is 18.6 Å². The molecule has 40 heavy (non-hydrogen) atoms. The Morgan fingerprint density at radius 2 is 1.75 bits per heavy atom. The molecule has 0 spiro atoms. The van der Waals surface area contributed by atoms with E-state index in [0.717, 1.165) is 21.3 Å². The van der Waals surface area contributed by atoms with Crippen LogP contribution in [0.15, 0.2) is 45.3 Å². The number of fused-ring (bicyclic) bond motifs is 1. The summed E-state index contributed by atoms with van der Waals surface area (Å²) in [6.07, 6.45) is -3.75. The minimum atomic E-state index is -3.75. The Morgan fingerprint density at radius 3 is 2.40 bits per heavy atom. The van der Waals surface area contributed by atoms with Crippen molar-refractivity contribution < 1.29 is 32.2 Å². The highest BCUT2D eigenvalue weighted by Crippen LogP contribution is 2.48. The third-order valence-electron chi connectivity index (χ3n) is 6.90. The first-order chi connectivity index (χ1) is 18.7. The molecule has 2 aromatic heterocycles. The first-order valence-electron chi connectivity index (χ1n) is 12.6. The zero-order chi connectivity index (χ0) is 29.1. The summed E-state index contributed by atoms with van der Waals surface area (Å²) in [5, 5.41) is 4.62. The maximum Gasteiger partial charge on any atom is 0.586 e. The standard InChI is InChI=1S/C29H28BrF2N3O5/c1-14(2)18-11-22-23(40-29(31,32)39-22)12-19(18)25-26(38-15(3)33-25)20-10-16(30)8-9-17(20)21-13-24(34-35(21)6)28(4,5)27(36)37-7/h8-14H,1-7H3. The highest BCUT2D eigenvalue weighted by molar-refractivity contribution is 9.10. The summed E-state index contributed by atoms with van der Waals surface area (Å²) >= 11 is 3.56. The normalized spacial score (nSPS) is 14.2. The molecule has 1 aliphatic rings. The number of carbonyl (C=O) groups excluding carboxylic acids is 1. The molecule has 0 fully saturated rings. The average molecular weight is 616 g/mol. The minimum absolute atomic E-state index is 0.0296. The SMILES string of the molecule is COC(=O)C(C)(C)c1cc(-c2ccc(Br)cc2-c2oc(C)nc2-c2cc3c(cc2C(C)C)OC(F)(F)O3)n(C)n1. The smallest absolute Gasteiger partial charge is 0.468 e. The number of nitrogens with zero attached hydrogens (tertiary/aromatic N) is 3. The van der Waals surface area contributed by atoms with Gasteiger partial charge in [-0.3, -0.25) is 9.48 Å². The van der Waals surface area contributed by atoms with Gasteiger partial charge in [0.1, 0.15) is 11.1 Å². The summed E-state index contributed by atoms with van der Waals surface area (Å²) in [6, 6.07) is 10.6. The summed E-state index contributed by atoms with van der Waals surface area (Å²) in [7, 11) is 3.14. The fraction of sp³-hybridized carbons (Fsp3) is 0.345. The van der Waals surface area contributed by atoms with Crippen LogP contribution < -0.4 is 9.47 Å². The number of halogens is 3. The lowest BCUT2D eigenvalue weighted by Crippen LogP contribution is -2.30. The molecule has 0 radical (unpaired) electrons. The number of rotatable bonds is 6. The number of carbonyl (C=O) groups is 1. The fourth-order valence-corrected chi connectivity index (χ4v) is 5.16. The van der Waals surface area contributed by atoms with Gasteiger partial charge in [0.2, 0.25) is 0 Å². The molecule has 0 unspecified atom stereocenters. The Kier molecular flexibility index (Phi) is 6.76. The Morgan fingerprint density at radius 1 is 1.07 bits per heavy atom. The van der Waals surface area contributed by atoms with Gasteiger partial charge in [0, 0.05) is 35.1 Å². The molecule has 0 saturated heterocycles. The Hall–Kier alpha value is -3.73. The van der Waals surface area contributed by atoms with Gasteiger partial charge in [0.05, 0.1) is 18.5 Å². The molecule has 8 nitrogen and oxygen atoms in total. The van der Waals surface area contributed by atoms with E-state index in [1.807, 2.05) is 38.1 Å². The van der Waals surface area contributed by atoms with Crippen LogP contribution in [0.3, 0.4) is 0 Å². The molecular weight excluding hydrogens is 588 g/mol. The molecule has 3 heterocycles. The second-order valence-electron chi connectivity index (χ2n) is 10.5. The van der Waals surface area contributed by atoms with E-state index < -0.39 is 17.7 Å². The molecule has 0 amide bonds. The average Bonchev–Trinajstić information content (AvgIpc) is 3.55. The van der Waals surface area contributed by atoms with E-state index in [4.69, 9.17) is 18.6 Å². The molecule has 0 bridgehead atoms. The van der Waals surface area contributed by atoms with Gasteiger partial charge in [-0.2, -0.15) is 5.10 Å². The predicted octanol–water partition coefficient (Wildman–Crippen LogP) is 7.38. The number of aromatic nitrogens is 3. The third kappa shape index (κ3) is 4.76. The van der Waals surface area contributed by atoms with Crippen molar-refractivity contribution in [2.45, 2.75) is 52.2 Å². The summed E-state index contributed by atoms with van der Waals surface area (Å²) in [5.41, 5.74) is 3.55. The summed E-state index contributed by atoms with van der Waals surface area (Å²) in [6.45, 7) is 9.14. The number of oxazole rings is 1. The molecule has 11 heteroatoms. The van der Waals surface area contributed by atoms with Gasteiger partial charge in [-0.15, -0.1) is 8.78 Å². The van der Waals surface area contributed by atoms with Crippen LogP contribution in [0.2, 0.25) is 0 Å². The second kappa shape index (κ2) is 9.72. The van der Waals surface area contributed by atoms with Crippen molar-refractivity contribution in [3.8, 4) is 45.3 Å². The van der Waals surface area contributed by atoms with E-state index in [1.54, 1.807) is 38.6 Å². The number of benzene rings is 2. The van der Waals surface area contributed by atoms with E-state index in [0.29, 0.717) is 34.2 Å². The summed E-state index contributed by atoms with van der Waals surface area (Å²) in [4.78, 5) is 17.1. The summed E-state index contributed by atoms with van der Waals surface area (Å²) in [5.74, 6) is 0.272. The molecular formula is C29H28BrF2N3O5. The lowest BCUT2D eigenvalue weighted by molar-refractivity contribution is -0.286. The number of esters is 1. The number of hydrogen-bond acceptors (Lipinski definition) is 7. The monoisotopic (exact) mass is 615 g/mol. The Balaban J connectivity index is 1.71. The summed E-state index contributed by atoms with van der Waals surface area (Å²) < 4.78 is 51.0. The molecule has 0 saturated carbocycles. The van der Waals surface area contributed by atoms with E-state index in [2.05, 4.69) is 26.0 Å². The number of ether oxygens (including phenoxy) is 3. The number of methoxy groups -OCH3 is 1. The topological polar surface area (TPSA) is 88.6 Å². The van der Waals surface area contributed by atoms with Gasteiger partial charge in [-0.1, -0.05) is 35.8 Å². The van der Waals surface area contributed by atoms with Crippen LogP contribution in [-0.4, -0.2) is 34.1 Å². The van der Waals surface area contributed by atoms with Crippen LogP contribution in [0, 0.1) is 6.92 Å². The third-order valence-corrected chi connectivity index (χ3v) is 7.40. The lowest BCUT2D eigenvalue weighted by atomic mass is 9.88. The van der Waals surface area contributed by atoms with Crippen LogP contribution in [0.1, 0.15) is 50.8 Å². The van der Waals surface area contributed by atoms with Crippen LogP contribution >= 0.6 is 15.9 Å². The van der Waals surface area contributed by atoms with Crippen molar-refractivity contribution in [3.63, 3.8) is 0 Å². The van der Waals surface area contributed by atoms with E-state index in [9.17, 15) is 13.6 Å². The van der Waals surface area contributed by atoms with Gasteiger partial charge >= 0.3 is 12.3 Å². The first kappa shape index (κ1) is 27.8. The maximum absolute atomic E-state index is 13.9. The van der Waals surface area contributed by atoms with Crippen molar-refractivity contribution in [2.24, 2.45) is 7.05 Å². The number of aryl methyl sites for hydroxylation is 2. The van der Waals surface area contributed by atoms with Crippen molar-refractivity contribution in [1.29, 1.82) is 0 Å². The maximum atomic E-state index is 13.9. The molecule has 0 N–H and O–H groups in total. The molecule has 0 atom stereocenters. The highest BCUT2D eigenvalue weighted by atomic mass is 79.9. The van der Waals surface area contributed by atoms with Crippen molar-refractivity contribution >= 4 is 21.9 Å². The quantitative estimate of drug-likeness (QED) is 0.209. The molecule has 4 aromatic rings. The number of alkyl halides is 2. The van der Waals surface area contributed by atoms with E-state index in [1.165, 1.54) is 13.2 Å². The molecule has 1 aliphatic heterocycles. The van der Waals surface area contributed by atoms with Gasteiger partial charge in [0.15, 0.2) is 23.1 Å². The van der Waals surface area contributed by atoms with Crippen LogP contribution in [0.4, 0.5) is 8.78 Å². The molecule has 2 aromatic carbocycles. The van der Waals surface area contributed by atoms with Crippen molar-refractivity contribution in [2.75, 3.05) is 7.11 Å². The minimum Gasteiger partial charge on any atom is -0.468 e. The molecule has 210 valence electrons. The second-order valence-corrected chi connectivity index (χ2v) is 11.4. The number of hydrogen-bond donors (Lipinski definition) is 0. The van der Waals surface area contributed by atoms with Crippen molar-refractivity contribution in [1.82, 2.24) is 14.8 Å². The van der Waals surface area contributed by atoms with Crippen molar-refractivity contribution in [3.05, 3.63) is 58.0 Å². The van der Waals surface area contributed by atoms with Gasteiger partial charge in [0.25, 0.3) is 0 Å². The van der Waals surface area contributed by atoms with Crippen LogP contribution in [-0.2, 0) is 22.0 Å². The van der Waals surface area contributed by atoms with Gasteiger partial charge in [-0.25, -0.2) is 4.98 Å². The van der Waals surface area contributed by atoms with Crippen LogP contribution in [0.25, 0.3) is 33.8 Å². The van der Waals surface area contributed by atoms with E-state index >= 15 is 0 Å². The van der Waals surface area contributed by atoms with E-state index in [-0.39, 0.29) is 17.4 Å². The zero-order valence-electron chi connectivity index (χ0n) is 23.1. The molecule has 0 aliphatic carbocycles. The predicted molar refractivity (Wildman–Crippen MR) is 147 cm³/mol. The molecule has 5 rings (SSSR count). The Bertz CT molecular complexity index is 1640.